The third kappa shape index (κ3) is 7.72. The summed E-state index contributed by atoms with van der Waals surface area (Å²) >= 11 is 0. The van der Waals surface area contributed by atoms with Crippen LogP contribution in [0.15, 0.2) is 60.7 Å². The van der Waals surface area contributed by atoms with Gasteiger partial charge in [-0.3, -0.25) is 9.59 Å². The van der Waals surface area contributed by atoms with Crippen molar-refractivity contribution in [2.45, 2.75) is 18.7 Å². The zero-order valence-electron chi connectivity index (χ0n) is 15.3. The van der Waals surface area contributed by atoms with E-state index in [9.17, 15) is 22.8 Å². The average Bonchev–Trinajstić information content (AvgIpc) is 2.70. The molecule has 153 valence electrons. The number of carbonyl (C=O) groups excluding carboxylic acids is 3. The number of nitrogens with one attached hydrogen (secondary N) is 2. The van der Waals surface area contributed by atoms with Crippen molar-refractivity contribution in [1.29, 1.82) is 0 Å². The largest absolute Gasteiger partial charge is 0.445 e. The second-order valence-electron chi connectivity index (χ2n) is 6.06. The van der Waals surface area contributed by atoms with Crippen molar-refractivity contribution in [3.05, 3.63) is 71.8 Å². The third-order valence-electron chi connectivity index (χ3n) is 3.76. The van der Waals surface area contributed by atoms with Crippen LogP contribution >= 0.6 is 0 Å². The van der Waals surface area contributed by atoms with E-state index in [0.29, 0.717) is 11.1 Å². The Hall–Kier alpha value is -3.24. The van der Waals surface area contributed by atoms with Crippen molar-refractivity contribution in [2.24, 2.45) is 5.14 Å². The third-order valence-corrected chi connectivity index (χ3v) is 4.56. The highest BCUT2D eigenvalue weighted by atomic mass is 32.2. The van der Waals surface area contributed by atoms with E-state index in [4.69, 9.17) is 9.88 Å². The van der Waals surface area contributed by atoms with Gasteiger partial charge in [-0.15, -0.1) is 0 Å². The molecule has 4 N–H and O–H groups in total. The van der Waals surface area contributed by atoms with Gasteiger partial charge in [-0.25, -0.2) is 18.4 Å². The van der Waals surface area contributed by atoms with Crippen LogP contribution in [0.3, 0.4) is 0 Å². The standard InChI is InChI=1S/C19H20N3O6S/c20-29(26,27)13-17(22-19(25)28-12-14-7-3-1-4-8-14)18(24)21-16(11-23)15-9-5-2-6-10-15/h1-10,16-17H,12-13H2,(H,21,24)(H,22,25)(H2,20,26,27). The highest BCUT2D eigenvalue weighted by Gasteiger charge is 2.28. The molecule has 29 heavy (non-hydrogen) atoms. The van der Waals surface area contributed by atoms with E-state index in [1.807, 2.05) is 0 Å². The van der Waals surface area contributed by atoms with Crippen LogP contribution in [-0.4, -0.2) is 38.5 Å². The summed E-state index contributed by atoms with van der Waals surface area (Å²) in [5, 5.41) is 9.51. The molecule has 0 saturated heterocycles. The Morgan fingerprint density at radius 1 is 1.00 bits per heavy atom. The second kappa shape index (κ2) is 10.3. The molecule has 0 aromatic heterocycles. The van der Waals surface area contributed by atoms with E-state index >= 15 is 0 Å². The topological polar surface area (TPSA) is 145 Å². The molecule has 2 rings (SSSR count). The van der Waals surface area contributed by atoms with Crippen molar-refractivity contribution in [1.82, 2.24) is 10.6 Å². The lowest BCUT2D eigenvalue weighted by molar-refractivity contribution is -0.123. The summed E-state index contributed by atoms with van der Waals surface area (Å²) in [6.07, 6.45) is 0.650. The molecule has 0 bridgehead atoms. The molecule has 2 unspecified atom stereocenters. The van der Waals surface area contributed by atoms with Gasteiger partial charge in [0.2, 0.25) is 22.2 Å². The molecule has 2 aromatic carbocycles. The minimum absolute atomic E-state index is 0.0782. The Morgan fingerprint density at radius 2 is 1.59 bits per heavy atom. The number of primary sulfonamides is 1. The number of rotatable bonds is 9. The lowest BCUT2D eigenvalue weighted by Crippen LogP contribution is -2.52. The molecule has 0 saturated carbocycles. The number of ether oxygens (including phenoxy) is 1. The maximum absolute atomic E-state index is 12.5. The van der Waals surface area contributed by atoms with Crippen molar-refractivity contribution < 1.29 is 27.5 Å². The average molecular weight is 418 g/mol. The maximum atomic E-state index is 12.5. The van der Waals surface area contributed by atoms with Gasteiger partial charge in [0.25, 0.3) is 0 Å². The molecule has 2 aromatic rings. The van der Waals surface area contributed by atoms with Crippen molar-refractivity contribution in [3.63, 3.8) is 0 Å². The highest BCUT2D eigenvalue weighted by molar-refractivity contribution is 7.89. The second-order valence-corrected chi connectivity index (χ2v) is 7.72. The molecule has 0 fully saturated rings. The summed E-state index contributed by atoms with van der Waals surface area (Å²) in [4.78, 5) is 35.7. The summed E-state index contributed by atoms with van der Waals surface area (Å²) in [7, 11) is -4.12. The Bertz CT molecular complexity index is 935. The lowest BCUT2D eigenvalue weighted by Gasteiger charge is -2.20. The van der Waals surface area contributed by atoms with Crippen LogP contribution in [-0.2, 0) is 31.0 Å². The molecule has 0 aliphatic rings. The first kappa shape index (κ1) is 22.1. The molecular formula is C19H20N3O6S. The maximum Gasteiger partial charge on any atom is 0.408 e. The fraction of sp³-hybridized carbons (Fsp3) is 0.211. The molecule has 0 aliphatic carbocycles. The minimum Gasteiger partial charge on any atom is -0.445 e. The van der Waals surface area contributed by atoms with Crippen LogP contribution in [0.5, 0.6) is 0 Å². The fourth-order valence-electron chi connectivity index (χ4n) is 2.39. The van der Waals surface area contributed by atoms with E-state index in [-0.39, 0.29) is 6.61 Å². The van der Waals surface area contributed by atoms with E-state index in [1.165, 1.54) is 0 Å². The van der Waals surface area contributed by atoms with Gasteiger partial charge < -0.3 is 15.4 Å². The molecule has 2 amide bonds. The van der Waals surface area contributed by atoms with Crippen LogP contribution in [0, 0.1) is 0 Å². The number of benzene rings is 2. The molecular weight excluding hydrogens is 398 g/mol. The number of carbonyl (C=O) groups is 2. The summed E-state index contributed by atoms with van der Waals surface area (Å²) < 4.78 is 27.9. The number of hydrogen-bond acceptors (Lipinski definition) is 6. The minimum atomic E-state index is -4.12. The first-order chi connectivity index (χ1) is 13.8. The molecule has 0 aliphatic heterocycles. The SMILES string of the molecule is NS(=O)(=O)CC(NC(=O)OCc1ccccc1)C(=O)NC([C]=O)c1ccccc1. The van der Waals surface area contributed by atoms with Gasteiger partial charge in [-0.05, 0) is 11.1 Å². The Kier molecular flexibility index (Phi) is 7.87. The van der Waals surface area contributed by atoms with E-state index < -0.39 is 39.9 Å². The van der Waals surface area contributed by atoms with Crippen LogP contribution in [0.25, 0.3) is 0 Å². The first-order valence-corrected chi connectivity index (χ1v) is 10.2. The molecule has 10 heteroatoms. The summed E-state index contributed by atoms with van der Waals surface area (Å²) in [5.41, 5.74) is 1.15. The zero-order valence-corrected chi connectivity index (χ0v) is 16.1. The number of sulfonamides is 1. The molecule has 0 spiro atoms. The monoisotopic (exact) mass is 418 g/mol. The first-order valence-electron chi connectivity index (χ1n) is 8.49. The predicted molar refractivity (Wildman–Crippen MR) is 105 cm³/mol. The van der Waals surface area contributed by atoms with Crippen molar-refractivity contribution in [3.8, 4) is 0 Å². The van der Waals surface area contributed by atoms with Gasteiger partial charge in [0.1, 0.15) is 18.7 Å². The van der Waals surface area contributed by atoms with Gasteiger partial charge in [-0.2, -0.15) is 0 Å². The van der Waals surface area contributed by atoms with Gasteiger partial charge in [0, 0.05) is 0 Å². The van der Waals surface area contributed by atoms with Gasteiger partial charge in [0.05, 0.1) is 5.75 Å². The van der Waals surface area contributed by atoms with Crippen LogP contribution in [0.4, 0.5) is 4.79 Å². The normalized spacial score (nSPS) is 13.0. The van der Waals surface area contributed by atoms with Gasteiger partial charge >= 0.3 is 6.09 Å². The number of alkyl carbamates (subject to hydrolysis) is 1. The van der Waals surface area contributed by atoms with Crippen molar-refractivity contribution >= 4 is 28.3 Å². The zero-order chi connectivity index (χ0) is 21.3. The van der Waals surface area contributed by atoms with Gasteiger partial charge in [0.15, 0.2) is 0 Å². The van der Waals surface area contributed by atoms with Crippen LogP contribution in [0.1, 0.15) is 17.2 Å². The number of amides is 2. The van der Waals surface area contributed by atoms with Crippen LogP contribution in [0.2, 0.25) is 0 Å². The molecule has 2 atom stereocenters. The number of hydrogen-bond donors (Lipinski definition) is 3. The quantitative estimate of drug-likeness (QED) is 0.542. The van der Waals surface area contributed by atoms with Gasteiger partial charge in [-0.1, -0.05) is 60.7 Å². The van der Waals surface area contributed by atoms with Crippen molar-refractivity contribution in [2.75, 3.05) is 5.75 Å². The highest BCUT2D eigenvalue weighted by Crippen LogP contribution is 2.10. The smallest absolute Gasteiger partial charge is 0.408 e. The summed E-state index contributed by atoms with van der Waals surface area (Å²) in [5.74, 6) is -1.80. The molecule has 9 nitrogen and oxygen atoms in total. The van der Waals surface area contributed by atoms with E-state index in [1.54, 1.807) is 66.9 Å². The predicted octanol–water partition coefficient (Wildman–Crippen LogP) is 0.537. The molecule has 0 heterocycles. The Balaban J connectivity index is 2.05. The van der Waals surface area contributed by atoms with Crippen LogP contribution < -0.4 is 15.8 Å². The Morgan fingerprint density at radius 3 is 2.14 bits per heavy atom. The lowest BCUT2D eigenvalue weighted by atomic mass is 10.1. The summed E-state index contributed by atoms with van der Waals surface area (Å²) in [6.45, 7) is -0.0782. The Labute approximate surface area is 168 Å². The van der Waals surface area contributed by atoms with E-state index in [0.717, 1.165) is 0 Å². The fourth-order valence-corrected chi connectivity index (χ4v) is 3.09. The molecule has 1 radical (unpaired) electrons. The number of nitrogens with two attached hydrogens (primary N) is 1. The summed E-state index contributed by atoms with van der Waals surface area (Å²) in [6, 6.07) is 14.3. The van der Waals surface area contributed by atoms with E-state index in [2.05, 4.69) is 10.6 Å².